The molecule has 2 aromatic carbocycles. The van der Waals surface area contributed by atoms with E-state index in [1.807, 2.05) is 35.0 Å². The van der Waals surface area contributed by atoms with Gasteiger partial charge in [0.15, 0.2) is 5.78 Å². The highest BCUT2D eigenvalue weighted by atomic mass is 32.1. The lowest BCUT2D eigenvalue weighted by molar-refractivity contribution is 0.0963. The highest BCUT2D eigenvalue weighted by Crippen LogP contribution is 2.36. The summed E-state index contributed by atoms with van der Waals surface area (Å²) in [7, 11) is 0. The maximum atomic E-state index is 12.7. The second-order valence-corrected chi connectivity index (χ2v) is 7.77. The van der Waals surface area contributed by atoms with Crippen LogP contribution in [-0.2, 0) is 6.42 Å². The standard InChI is InChI=1S/C21H17N3OS/c1-13-6-2-3-7-15(13)14-10-18-16(19(25)11-14)12-22-24(18)21-23-17-8-4-5-9-20(17)26-21/h2-9,12,14H,10-11H2,1H3/t14-/m0/s1. The number of carbonyl (C=O) groups is 1. The number of nitrogens with zero attached hydrogens (tertiary/aromatic N) is 3. The molecule has 0 amide bonds. The van der Waals surface area contributed by atoms with Crippen molar-refractivity contribution in [3.63, 3.8) is 0 Å². The molecule has 2 heterocycles. The number of hydrogen-bond donors (Lipinski definition) is 0. The largest absolute Gasteiger partial charge is 0.294 e. The number of thiazole rings is 1. The second-order valence-electron chi connectivity index (χ2n) is 6.77. The molecule has 1 atom stereocenters. The molecule has 128 valence electrons. The second kappa shape index (κ2) is 5.88. The molecule has 5 rings (SSSR count). The van der Waals surface area contributed by atoms with Gasteiger partial charge in [-0.3, -0.25) is 4.79 Å². The van der Waals surface area contributed by atoms with Gasteiger partial charge < -0.3 is 0 Å². The van der Waals surface area contributed by atoms with Crippen LogP contribution in [0.3, 0.4) is 0 Å². The highest BCUT2D eigenvalue weighted by Gasteiger charge is 2.31. The zero-order chi connectivity index (χ0) is 17.7. The Hall–Kier alpha value is -2.79. The summed E-state index contributed by atoms with van der Waals surface area (Å²) in [4.78, 5) is 17.4. The first-order chi connectivity index (χ1) is 12.7. The van der Waals surface area contributed by atoms with Gasteiger partial charge in [0, 0.05) is 6.42 Å². The van der Waals surface area contributed by atoms with Crippen LogP contribution in [0, 0.1) is 6.92 Å². The summed E-state index contributed by atoms with van der Waals surface area (Å²) in [5.41, 5.74) is 5.18. The van der Waals surface area contributed by atoms with Gasteiger partial charge in [-0.05, 0) is 42.5 Å². The third kappa shape index (κ3) is 2.39. The average molecular weight is 359 g/mol. The summed E-state index contributed by atoms with van der Waals surface area (Å²) in [6.07, 6.45) is 3.06. The van der Waals surface area contributed by atoms with E-state index in [2.05, 4.69) is 30.2 Å². The Balaban J connectivity index is 1.60. The van der Waals surface area contributed by atoms with Crippen LogP contribution in [0.1, 0.15) is 39.5 Å². The Bertz CT molecular complexity index is 1110. The third-order valence-corrected chi connectivity index (χ3v) is 6.14. The molecule has 1 aliphatic carbocycles. The van der Waals surface area contributed by atoms with Crippen LogP contribution in [0.25, 0.3) is 15.3 Å². The van der Waals surface area contributed by atoms with Crippen molar-refractivity contribution in [2.75, 3.05) is 0 Å². The van der Waals surface area contributed by atoms with Crippen molar-refractivity contribution in [3.8, 4) is 5.13 Å². The summed E-state index contributed by atoms with van der Waals surface area (Å²) in [5, 5.41) is 5.33. The average Bonchev–Trinajstić information content (AvgIpc) is 3.25. The first-order valence-electron chi connectivity index (χ1n) is 8.72. The molecule has 0 saturated carbocycles. The van der Waals surface area contributed by atoms with Gasteiger partial charge >= 0.3 is 0 Å². The van der Waals surface area contributed by atoms with Crippen molar-refractivity contribution in [1.29, 1.82) is 0 Å². The molecule has 0 fully saturated rings. The Labute approximate surface area is 155 Å². The van der Waals surface area contributed by atoms with Crippen LogP contribution in [0.4, 0.5) is 0 Å². The topological polar surface area (TPSA) is 47.8 Å². The van der Waals surface area contributed by atoms with E-state index in [-0.39, 0.29) is 11.7 Å². The van der Waals surface area contributed by atoms with Crippen molar-refractivity contribution in [2.45, 2.75) is 25.7 Å². The van der Waals surface area contributed by atoms with Gasteiger partial charge in [-0.1, -0.05) is 47.7 Å². The maximum absolute atomic E-state index is 12.7. The number of rotatable bonds is 2. The van der Waals surface area contributed by atoms with E-state index in [0.29, 0.717) is 6.42 Å². The van der Waals surface area contributed by atoms with Gasteiger partial charge in [0.05, 0.1) is 27.7 Å². The number of ketones is 1. The van der Waals surface area contributed by atoms with E-state index in [0.717, 1.165) is 33.0 Å². The Morgan fingerprint density at radius 3 is 2.73 bits per heavy atom. The summed E-state index contributed by atoms with van der Waals surface area (Å²) in [6, 6.07) is 16.4. The number of aryl methyl sites for hydroxylation is 1. The van der Waals surface area contributed by atoms with Crippen LogP contribution in [-0.4, -0.2) is 20.5 Å². The van der Waals surface area contributed by atoms with E-state index in [4.69, 9.17) is 4.98 Å². The fraction of sp³-hybridized carbons (Fsp3) is 0.190. The fourth-order valence-electron chi connectivity index (χ4n) is 3.82. The molecule has 0 unspecified atom stereocenters. The first kappa shape index (κ1) is 15.5. The molecule has 4 aromatic rings. The van der Waals surface area contributed by atoms with Crippen LogP contribution in [0.5, 0.6) is 0 Å². The summed E-state index contributed by atoms with van der Waals surface area (Å²) in [5.74, 6) is 0.368. The molecule has 0 bridgehead atoms. The van der Waals surface area contributed by atoms with Gasteiger partial charge in [0.25, 0.3) is 0 Å². The maximum Gasteiger partial charge on any atom is 0.211 e. The fourth-order valence-corrected chi connectivity index (χ4v) is 4.77. The van der Waals surface area contributed by atoms with Crippen molar-refractivity contribution in [2.24, 2.45) is 0 Å². The lowest BCUT2D eigenvalue weighted by Crippen LogP contribution is -2.20. The van der Waals surface area contributed by atoms with Gasteiger partial charge in [-0.15, -0.1) is 0 Å². The molecule has 26 heavy (non-hydrogen) atoms. The van der Waals surface area contributed by atoms with Crippen LogP contribution < -0.4 is 0 Å². The Morgan fingerprint density at radius 2 is 1.88 bits per heavy atom. The van der Waals surface area contributed by atoms with E-state index in [1.54, 1.807) is 17.5 Å². The smallest absolute Gasteiger partial charge is 0.211 e. The molecule has 0 N–H and O–H groups in total. The molecular weight excluding hydrogens is 342 g/mol. The lowest BCUT2D eigenvalue weighted by atomic mass is 9.81. The minimum Gasteiger partial charge on any atom is -0.294 e. The monoisotopic (exact) mass is 359 g/mol. The van der Waals surface area contributed by atoms with E-state index >= 15 is 0 Å². The van der Waals surface area contributed by atoms with Gasteiger partial charge in [0.1, 0.15) is 0 Å². The predicted octanol–water partition coefficient (Wildman–Crippen LogP) is 4.70. The normalized spacial score (nSPS) is 16.8. The van der Waals surface area contributed by atoms with Gasteiger partial charge in [-0.25, -0.2) is 9.67 Å². The molecule has 0 spiro atoms. The molecule has 0 saturated heterocycles. The molecule has 5 heteroatoms. The van der Waals surface area contributed by atoms with Crippen molar-refractivity contribution in [3.05, 3.63) is 77.1 Å². The zero-order valence-electron chi connectivity index (χ0n) is 14.3. The van der Waals surface area contributed by atoms with Gasteiger partial charge in [0.2, 0.25) is 5.13 Å². The SMILES string of the molecule is Cc1ccccc1[C@@H]1CC(=O)c2cnn(-c3nc4ccccc4s3)c2C1. The lowest BCUT2D eigenvalue weighted by Gasteiger charge is -2.23. The molecular formula is C21H17N3OS. The molecule has 1 aliphatic rings. The van der Waals surface area contributed by atoms with Crippen molar-refractivity contribution in [1.82, 2.24) is 14.8 Å². The number of Topliss-reactive ketones (excluding diaryl/α,β-unsaturated/α-hetero) is 1. The highest BCUT2D eigenvalue weighted by molar-refractivity contribution is 7.20. The number of para-hydroxylation sites is 1. The van der Waals surface area contributed by atoms with Crippen molar-refractivity contribution >= 4 is 27.3 Å². The van der Waals surface area contributed by atoms with Crippen LogP contribution >= 0.6 is 11.3 Å². The summed E-state index contributed by atoms with van der Waals surface area (Å²) in [6.45, 7) is 2.11. The molecule has 4 nitrogen and oxygen atoms in total. The number of carbonyl (C=O) groups excluding carboxylic acids is 1. The number of aromatic nitrogens is 3. The van der Waals surface area contributed by atoms with Gasteiger partial charge in [-0.2, -0.15) is 5.10 Å². The third-order valence-electron chi connectivity index (χ3n) is 5.13. The van der Waals surface area contributed by atoms with Crippen molar-refractivity contribution < 1.29 is 4.79 Å². The Kier molecular flexibility index (Phi) is 3.50. The van der Waals surface area contributed by atoms with E-state index < -0.39 is 0 Å². The molecule has 0 radical (unpaired) electrons. The minimum absolute atomic E-state index is 0.173. The predicted molar refractivity (Wildman–Crippen MR) is 103 cm³/mol. The number of benzene rings is 2. The van der Waals surface area contributed by atoms with E-state index in [1.165, 1.54) is 11.1 Å². The molecule has 0 aliphatic heterocycles. The summed E-state index contributed by atoms with van der Waals surface area (Å²) < 4.78 is 2.99. The van der Waals surface area contributed by atoms with E-state index in [9.17, 15) is 4.79 Å². The number of hydrogen-bond acceptors (Lipinski definition) is 4. The van der Waals surface area contributed by atoms with Crippen LogP contribution in [0.2, 0.25) is 0 Å². The first-order valence-corrected chi connectivity index (χ1v) is 9.54. The minimum atomic E-state index is 0.173. The quantitative estimate of drug-likeness (QED) is 0.521. The zero-order valence-corrected chi connectivity index (χ0v) is 15.2. The number of fused-ring (bicyclic) bond motifs is 2. The Morgan fingerprint density at radius 1 is 1.08 bits per heavy atom. The summed E-state index contributed by atoms with van der Waals surface area (Å²) >= 11 is 1.61. The molecule has 2 aromatic heterocycles. The van der Waals surface area contributed by atoms with Crippen LogP contribution in [0.15, 0.2) is 54.7 Å².